The van der Waals surface area contributed by atoms with Crippen LogP contribution in [0.5, 0.6) is 0 Å². The van der Waals surface area contributed by atoms with Gasteiger partial charge in [0, 0.05) is 13.1 Å². The fraction of sp³-hybridized carbons (Fsp3) is 0.478. The van der Waals surface area contributed by atoms with Crippen LogP contribution in [0.25, 0.3) is 0 Å². The molecule has 2 aromatic rings. The van der Waals surface area contributed by atoms with Crippen molar-refractivity contribution < 1.29 is 13.6 Å². The van der Waals surface area contributed by atoms with Crippen LogP contribution in [0.2, 0.25) is 0 Å². The summed E-state index contributed by atoms with van der Waals surface area (Å²) in [5.74, 6) is 0.357. The van der Waals surface area contributed by atoms with E-state index in [1.807, 2.05) is 19.1 Å². The number of nitrogens with two attached hydrogens (primary N) is 1. The number of halogens is 1. The minimum Gasteiger partial charge on any atom is -0.468 e. The van der Waals surface area contributed by atoms with Gasteiger partial charge in [-0.25, -0.2) is 4.39 Å². The van der Waals surface area contributed by atoms with Crippen molar-refractivity contribution in [1.82, 2.24) is 15.5 Å². The van der Waals surface area contributed by atoms with E-state index in [4.69, 9.17) is 10.2 Å². The number of guanidine groups is 1. The highest BCUT2D eigenvalue weighted by molar-refractivity contribution is 5.81. The third-order valence-corrected chi connectivity index (χ3v) is 5.53. The van der Waals surface area contributed by atoms with E-state index in [9.17, 15) is 9.18 Å². The molecule has 8 heteroatoms. The lowest BCUT2D eigenvalue weighted by Crippen LogP contribution is -2.43. The van der Waals surface area contributed by atoms with Gasteiger partial charge < -0.3 is 20.8 Å². The first-order chi connectivity index (χ1) is 15.1. The molecule has 31 heavy (non-hydrogen) atoms. The van der Waals surface area contributed by atoms with E-state index in [1.165, 1.54) is 25.0 Å². The second-order valence-electron chi connectivity index (χ2n) is 7.80. The maximum Gasteiger partial charge on any atom is 0.222 e. The number of carbonyl (C=O) groups is 1. The molecule has 168 valence electrons. The molecule has 0 radical (unpaired) electrons. The largest absolute Gasteiger partial charge is 0.468 e. The summed E-state index contributed by atoms with van der Waals surface area (Å²) < 4.78 is 18.8. The summed E-state index contributed by atoms with van der Waals surface area (Å²) in [5.41, 5.74) is 6.45. The van der Waals surface area contributed by atoms with Crippen molar-refractivity contribution in [2.75, 3.05) is 32.7 Å². The molecule has 2 heterocycles. The van der Waals surface area contributed by atoms with Crippen molar-refractivity contribution in [2.24, 2.45) is 16.6 Å². The van der Waals surface area contributed by atoms with Crippen molar-refractivity contribution in [3.8, 4) is 0 Å². The molecule has 1 amide bonds. The van der Waals surface area contributed by atoms with Crippen LogP contribution < -0.4 is 16.4 Å². The highest BCUT2D eigenvalue weighted by atomic mass is 19.1. The maximum absolute atomic E-state index is 13.1. The Kier molecular flexibility index (Phi) is 8.46. The molecule has 1 aliphatic heterocycles. The molecule has 0 saturated carbocycles. The van der Waals surface area contributed by atoms with E-state index in [0.717, 1.165) is 24.4 Å². The average molecular weight is 430 g/mol. The molecule has 3 rings (SSSR count). The third-order valence-electron chi connectivity index (χ3n) is 5.53. The first kappa shape index (κ1) is 22.8. The summed E-state index contributed by atoms with van der Waals surface area (Å²) in [6.45, 7) is 5.66. The Labute approximate surface area is 182 Å². The minimum atomic E-state index is -0.472. The number of hydrogen-bond donors (Lipinski definition) is 3. The third kappa shape index (κ3) is 6.82. The fourth-order valence-corrected chi connectivity index (χ4v) is 3.84. The van der Waals surface area contributed by atoms with E-state index in [0.29, 0.717) is 25.5 Å². The predicted octanol–water partition coefficient (Wildman–Crippen LogP) is 2.45. The molecule has 4 N–H and O–H groups in total. The summed E-state index contributed by atoms with van der Waals surface area (Å²) >= 11 is 0. The number of likely N-dealkylation sites (tertiary alicyclic amines) is 1. The monoisotopic (exact) mass is 429 g/mol. The van der Waals surface area contributed by atoms with E-state index < -0.39 is 11.8 Å². The zero-order chi connectivity index (χ0) is 22.1. The van der Waals surface area contributed by atoms with Gasteiger partial charge in [-0.1, -0.05) is 12.1 Å². The Balaban J connectivity index is 1.64. The number of rotatable bonds is 10. The topological polar surface area (TPSA) is 95.9 Å². The normalized spacial score (nSPS) is 16.8. The maximum atomic E-state index is 13.1. The van der Waals surface area contributed by atoms with E-state index in [1.54, 1.807) is 18.4 Å². The van der Waals surface area contributed by atoms with Crippen LogP contribution >= 0.6 is 0 Å². The Hall–Kier alpha value is -2.87. The molecular weight excluding hydrogens is 397 g/mol. The van der Waals surface area contributed by atoms with Crippen LogP contribution in [0.3, 0.4) is 0 Å². The number of nitrogens with one attached hydrogen (secondary N) is 2. The number of primary amides is 1. The van der Waals surface area contributed by atoms with Crippen LogP contribution in [-0.4, -0.2) is 49.5 Å². The van der Waals surface area contributed by atoms with Gasteiger partial charge in [0.1, 0.15) is 11.6 Å². The highest BCUT2D eigenvalue weighted by Crippen LogP contribution is 2.24. The molecule has 1 aromatic carbocycles. The lowest BCUT2D eigenvalue weighted by molar-refractivity contribution is -0.121. The van der Waals surface area contributed by atoms with Gasteiger partial charge in [0.05, 0.1) is 24.8 Å². The number of furan rings is 1. The zero-order valence-electron chi connectivity index (χ0n) is 18.0. The Morgan fingerprint density at radius 3 is 2.58 bits per heavy atom. The van der Waals surface area contributed by atoms with E-state index >= 15 is 0 Å². The summed E-state index contributed by atoms with van der Waals surface area (Å²) in [7, 11) is 0. The van der Waals surface area contributed by atoms with E-state index in [2.05, 4.69) is 20.5 Å². The summed E-state index contributed by atoms with van der Waals surface area (Å²) in [6.07, 6.45) is 4.50. The number of nitrogens with zero attached hydrogens (tertiary/aromatic N) is 2. The number of amides is 1. The standard InChI is InChI=1S/C23H32FN5O2/c1-2-26-23(27-15-18(22(25)30)14-17-7-9-19(24)10-8-17)28-16-20(21-6-5-13-31-21)29-11-3-4-12-29/h5-10,13,18,20H,2-4,11-12,14-16H2,1H3,(H2,25,30)(H2,26,27,28). The van der Waals surface area contributed by atoms with Crippen LogP contribution in [0.4, 0.5) is 4.39 Å². The van der Waals surface area contributed by atoms with Crippen LogP contribution in [0, 0.1) is 11.7 Å². The number of hydrogen-bond acceptors (Lipinski definition) is 4. The molecular formula is C23H32FN5O2. The van der Waals surface area contributed by atoms with Gasteiger partial charge in [-0.3, -0.25) is 14.7 Å². The van der Waals surface area contributed by atoms with Gasteiger partial charge in [-0.15, -0.1) is 0 Å². The predicted molar refractivity (Wildman–Crippen MR) is 119 cm³/mol. The van der Waals surface area contributed by atoms with Crippen LogP contribution in [-0.2, 0) is 11.2 Å². The molecule has 1 aromatic heterocycles. The smallest absolute Gasteiger partial charge is 0.222 e. The van der Waals surface area contributed by atoms with Crippen molar-refractivity contribution in [2.45, 2.75) is 32.2 Å². The molecule has 1 fully saturated rings. The molecule has 1 saturated heterocycles. The molecule has 2 atom stereocenters. The van der Waals surface area contributed by atoms with Gasteiger partial charge in [0.2, 0.25) is 5.91 Å². The van der Waals surface area contributed by atoms with Crippen molar-refractivity contribution >= 4 is 11.9 Å². The molecule has 7 nitrogen and oxygen atoms in total. The minimum absolute atomic E-state index is 0.118. The molecule has 0 bridgehead atoms. The van der Waals surface area contributed by atoms with Crippen molar-refractivity contribution in [1.29, 1.82) is 0 Å². The quantitative estimate of drug-likeness (QED) is 0.398. The Morgan fingerprint density at radius 1 is 1.23 bits per heavy atom. The first-order valence-corrected chi connectivity index (χ1v) is 10.9. The van der Waals surface area contributed by atoms with Gasteiger partial charge in [0.15, 0.2) is 5.96 Å². The molecule has 0 aliphatic carbocycles. The summed E-state index contributed by atoms with van der Waals surface area (Å²) in [5, 5.41) is 6.61. The van der Waals surface area contributed by atoms with Crippen LogP contribution in [0.15, 0.2) is 52.1 Å². The van der Waals surface area contributed by atoms with Gasteiger partial charge in [-0.2, -0.15) is 0 Å². The van der Waals surface area contributed by atoms with Gasteiger partial charge in [0.25, 0.3) is 0 Å². The van der Waals surface area contributed by atoms with Gasteiger partial charge in [-0.05, 0) is 69.1 Å². The highest BCUT2D eigenvalue weighted by Gasteiger charge is 2.25. The first-order valence-electron chi connectivity index (χ1n) is 10.9. The van der Waals surface area contributed by atoms with Crippen LogP contribution in [0.1, 0.15) is 37.1 Å². The lowest BCUT2D eigenvalue weighted by atomic mass is 9.99. The number of benzene rings is 1. The summed E-state index contributed by atoms with van der Waals surface area (Å²) in [6, 6.07) is 10.1. The fourth-order valence-electron chi connectivity index (χ4n) is 3.84. The SMILES string of the molecule is CCNC(=NCC(Cc1ccc(F)cc1)C(N)=O)NCC(c1ccco1)N1CCCC1. The second kappa shape index (κ2) is 11.5. The van der Waals surface area contributed by atoms with Crippen molar-refractivity contribution in [3.05, 3.63) is 59.8 Å². The second-order valence-corrected chi connectivity index (χ2v) is 7.80. The van der Waals surface area contributed by atoms with E-state index in [-0.39, 0.29) is 18.4 Å². The molecule has 0 spiro atoms. The molecule has 2 unspecified atom stereocenters. The lowest BCUT2D eigenvalue weighted by Gasteiger charge is -2.26. The number of carbonyl (C=O) groups excluding carboxylic acids is 1. The zero-order valence-corrected chi connectivity index (χ0v) is 18.0. The number of aliphatic imine (C=N–C) groups is 1. The Morgan fingerprint density at radius 2 is 1.97 bits per heavy atom. The average Bonchev–Trinajstić information content (AvgIpc) is 3.47. The molecule has 1 aliphatic rings. The van der Waals surface area contributed by atoms with Crippen molar-refractivity contribution in [3.63, 3.8) is 0 Å². The summed E-state index contributed by atoms with van der Waals surface area (Å²) in [4.78, 5) is 19.0. The Bertz CT molecular complexity index is 832. The van der Waals surface area contributed by atoms with Gasteiger partial charge >= 0.3 is 0 Å².